The maximum absolute atomic E-state index is 15.4. The van der Waals surface area contributed by atoms with E-state index in [0.717, 1.165) is 6.42 Å². The van der Waals surface area contributed by atoms with Crippen LogP contribution in [-0.2, 0) is 29.1 Å². The molecule has 4 aliphatic rings. The number of carbonyl (C=O) groups is 4. The number of benzene rings is 2. The summed E-state index contributed by atoms with van der Waals surface area (Å²) < 4.78 is 67.0. The van der Waals surface area contributed by atoms with Crippen LogP contribution in [0.5, 0.6) is 17.4 Å². The molecule has 2 aliphatic heterocycles. The molecule has 3 N–H and O–H groups in total. The Bertz CT molecular complexity index is 2440. The summed E-state index contributed by atoms with van der Waals surface area (Å²) in [5.41, 5.74) is -1.26. The van der Waals surface area contributed by atoms with Crippen molar-refractivity contribution in [3.63, 3.8) is 0 Å². The van der Waals surface area contributed by atoms with Gasteiger partial charge in [0.05, 0.1) is 30.7 Å². The van der Waals surface area contributed by atoms with Gasteiger partial charge in [-0.15, -0.1) is 0 Å². The molecule has 366 valence electrons. The number of nitrogens with one attached hydrogen (secondary N) is 3. The summed E-state index contributed by atoms with van der Waals surface area (Å²) >= 11 is 0. The maximum Gasteiger partial charge on any atom is 0.408 e. The number of allylic oxidation sites excluding steroid dienone is 1. The Labute approximate surface area is 392 Å². The fraction of sp³-hybridized carbons (Fsp3) is 0.571. The average Bonchev–Trinajstić information content (AvgIpc) is 4.18. The fourth-order valence-corrected chi connectivity index (χ4v) is 10.0. The van der Waals surface area contributed by atoms with Crippen LogP contribution in [0, 0.1) is 23.6 Å². The van der Waals surface area contributed by atoms with E-state index < -0.39 is 86.1 Å². The van der Waals surface area contributed by atoms with E-state index in [9.17, 15) is 22.8 Å². The molecule has 2 aromatic carbocycles. The van der Waals surface area contributed by atoms with Gasteiger partial charge in [0.1, 0.15) is 35.1 Å². The molecule has 1 aromatic heterocycles. The molecule has 0 radical (unpaired) electrons. The lowest BCUT2D eigenvalue weighted by Gasteiger charge is -2.33. The van der Waals surface area contributed by atoms with Crippen molar-refractivity contribution in [3.8, 4) is 28.6 Å². The summed E-state index contributed by atoms with van der Waals surface area (Å²) in [5.74, 6) is -2.86. The first-order valence-corrected chi connectivity index (χ1v) is 24.7. The first kappa shape index (κ1) is 50.0. The minimum Gasteiger partial charge on any atom is -0.494 e. The second-order valence-electron chi connectivity index (χ2n) is 19.1. The van der Waals surface area contributed by atoms with Gasteiger partial charge in [0.15, 0.2) is 11.6 Å². The molecule has 3 heterocycles. The van der Waals surface area contributed by atoms with Crippen LogP contribution < -0.4 is 29.6 Å². The molecule has 4 amide bonds. The van der Waals surface area contributed by atoms with E-state index in [0.29, 0.717) is 53.5 Å². The van der Waals surface area contributed by atoms with E-state index in [2.05, 4.69) is 22.3 Å². The number of methoxy groups -OCH3 is 1. The molecule has 2 aliphatic carbocycles. The molecule has 15 nitrogen and oxygen atoms in total. The van der Waals surface area contributed by atoms with Crippen LogP contribution in [0.25, 0.3) is 22.0 Å². The lowest BCUT2D eigenvalue weighted by atomic mass is 9.88. The zero-order chi connectivity index (χ0) is 48.3. The van der Waals surface area contributed by atoms with Gasteiger partial charge in [-0.1, -0.05) is 39.8 Å². The quantitative estimate of drug-likeness (QED) is 0.166. The van der Waals surface area contributed by atoms with E-state index in [1.165, 1.54) is 24.1 Å². The summed E-state index contributed by atoms with van der Waals surface area (Å²) in [6, 6.07) is 9.52. The summed E-state index contributed by atoms with van der Waals surface area (Å²) in [6.45, 7) is 16.8. The van der Waals surface area contributed by atoms with Crippen LogP contribution in [0.3, 0.4) is 0 Å². The number of hydrogen-bond donors (Lipinski definition) is 3. The third-order valence-electron chi connectivity index (χ3n) is 12.2. The number of pyridine rings is 1. The topological polar surface area (TPSA) is 192 Å². The smallest absolute Gasteiger partial charge is 0.408 e. The molecule has 7 rings (SSSR count). The second kappa shape index (κ2) is 20.2. The van der Waals surface area contributed by atoms with E-state index in [4.69, 9.17) is 23.9 Å². The van der Waals surface area contributed by atoms with Crippen molar-refractivity contribution >= 4 is 44.6 Å². The first-order valence-electron chi connectivity index (χ1n) is 23.1. The summed E-state index contributed by atoms with van der Waals surface area (Å²) in [7, 11) is -2.60. The Morgan fingerprint density at radius 2 is 1.73 bits per heavy atom. The van der Waals surface area contributed by atoms with Crippen LogP contribution in [0.1, 0.15) is 112 Å². The van der Waals surface area contributed by atoms with Crippen LogP contribution in [-0.4, -0.2) is 96.5 Å². The highest BCUT2D eigenvalue weighted by Gasteiger charge is 2.62. The molecule has 66 heavy (non-hydrogen) atoms. The monoisotopic (exact) mass is 941 g/mol. The summed E-state index contributed by atoms with van der Waals surface area (Å²) in [6.07, 6.45) is 4.89. The maximum atomic E-state index is 15.4. The number of sulfonamides is 1. The zero-order valence-electron chi connectivity index (χ0n) is 39.7. The van der Waals surface area contributed by atoms with Crippen molar-refractivity contribution in [1.82, 2.24) is 25.2 Å². The van der Waals surface area contributed by atoms with E-state index in [1.54, 1.807) is 26.8 Å². The predicted molar refractivity (Wildman–Crippen MR) is 255 cm³/mol. The van der Waals surface area contributed by atoms with Gasteiger partial charge in [-0.05, 0) is 133 Å². The molecule has 0 spiro atoms. The van der Waals surface area contributed by atoms with Gasteiger partial charge in [0, 0.05) is 27.6 Å². The van der Waals surface area contributed by atoms with Crippen LogP contribution in [0.15, 0.2) is 54.6 Å². The number of carbonyl (C=O) groups excluding carboxylic acids is 4. The van der Waals surface area contributed by atoms with Crippen molar-refractivity contribution in [2.75, 3.05) is 13.7 Å². The van der Waals surface area contributed by atoms with Gasteiger partial charge in [0.25, 0.3) is 5.91 Å². The van der Waals surface area contributed by atoms with Crippen molar-refractivity contribution in [1.29, 1.82) is 0 Å². The van der Waals surface area contributed by atoms with Gasteiger partial charge in [-0.2, -0.15) is 0 Å². The number of aromatic nitrogens is 1. The van der Waals surface area contributed by atoms with Gasteiger partial charge in [-0.3, -0.25) is 19.1 Å². The van der Waals surface area contributed by atoms with Gasteiger partial charge < -0.3 is 34.5 Å². The fourth-order valence-electron chi connectivity index (χ4n) is 8.68. The van der Waals surface area contributed by atoms with Crippen molar-refractivity contribution in [3.05, 3.63) is 60.4 Å². The number of nitrogens with zero attached hydrogens (tertiary/aromatic N) is 2. The zero-order valence-corrected chi connectivity index (χ0v) is 40.6. The molecular formula is C49H72FN5O10S. The minimum absolute atomic E-state index is 0. The molecule has 3 aromatic rings. The molecule has 3 fully saturated rings. The standard InChI is InChI=1S/C47H60FN5O10S.C2H6.3H2/c1-26(2)61-32-15-13-29(14-16-32)37-20-30-21-39(60-8)36(48)23-35(30)42(49-37)62-33-22-38-41(54)51-47(44(56)52-64(58,59)34-17-18-34)24-31(47)12-10-9-11-27(3)19-28(4)40(43(55)53(38)25-33)50-45(57)63-46(5,6)7;1-2;;;/h10,12-16,20-21,23,26-28,31,33-34,38,40H,9,11,17-19,22,24-25H2,1-8H3,(H,50,57)(H,51,54)(H,52,56);1-2H3;3*1H/b12-10-;;;;/t27-,28-,31-,33-,38+,40?,47-;;;;/m1..../s1. The summed E-state index contributed by atoms with van der Waals surface area (Å²) in [5, 5.41) is 5.87. The lowest BCUT2D eigenvalue weighted by Crippen LogP contribution is -2.59. The largest absolute Gasteiger partial charge is 0.494 e. The Morgan fingerprint density at radius 1 is 1.03 bits per heavy atom. The number of rotatable bonds is 10. The molecular weight excluding hydrogens is 870 g/mol. The molecule has 1 saturated heterocycles. The van der Waals surface area contributed by atoms with Gasteiger partial charge >= 0.3 is 6.09 Å². The molecule has 2 saturated carbocycles. The van der Waals surface area contributed by atoms with E-state index >= 15 is 9.18 Å². The van der Waals surface area contributed by atoms with Crippen LogP contribution in [0.4, 0.5) is 9.18 Å². The van der Waals surface area contributed by atoms with Crippen LogP contribution >= 0.6 is 0 Å². The number of halogens is 1. The van der Waals surface area contributed by atoms with Crippen molar-refractivity contribution < 1.29 is 55.2 Å². The highest BCUT2D eigenvalue weighted by molar-refractivity contribution is 7.91. The number of fused-ring (bicyclic) bond motifs is 3. The van der Waals surface area contributed by atoms with Crippen molar-refractivity contribution in [2.24, 2.45) is 17.8 Å². The third-order valence-corrected chi connectivity index (χ3v) is 14.0. The summed E-state index contributed by atoms with van der Waals surface area (Å²) in [4.78, 5) is 63.2. The Morgan fingerprint density at radius 3 is 2.36 bits per heavy atom. The minimum atomic E-state index is -3.96. The van der Waals surface area contributed by atoms with Crippen LogP contribution in [0.2, 0.25) is 0 Å². The van der Waals surface area contributed by atoms with Gasteiger partial charge in [0.2, 0.25) is 27.7 Å². The number of alkyl carbamates (subject to hydrolysis) is 1. The predicted octanol–water partition coefficient (Wildman–Crippen LogP) is 8.34. The average molecular weight is 942 g/mol. The highest BCUT2D eigenvalue weighted by Crippen LogP contribution is 2.46. The molecule has 17 heteroatoms. The SMILES string of the molecule is CC.COc1cc2cc(-c3ccc(OC(C)C)cc3)nc(O[C@@H]3C[C@H]4C(=O)N[C@]5(C(=O)NS(=O)(=O)C6CC6)C[C@H]5/C=C\CC[C@@H](C)C[C@@H](C)C(NC(=O)OC(C)(C)C)C(=O)N4C3)c2cc1F.[HH].[HH].[HH]. The van der Waals surface area contributed by atoms with E-state index in [1.807, 2.05) is 71.0 Å². The van der Waals surface area contributed by atoms with E-state index in [-0.39, 0.29) is 47.3 Å². The second-order valence-corrected chi connectivity index (χ2v) is 21.0. The number of hydrogen-bond acceptors (Lipinski definition) is 11. The number of amides is 4. The lowest BCUT2D eigenvalue weighted by molar-refractivity contribution is -0.142. The number of ether oxygens (including phenoxy) is 4. The molecule has 0 bridgehead atoms. The third kappa shape index (κ3) is 11.7. The van der Waals surface area contributed by atoms with Gasteiger partial charge in [-0.25, -0.2) is 22.6 Å². The molecule has 7 atom stereocenters. The normalized spacial score (nSPS) is 26.3. The Hall–Kier alpha value is -5.45. The first-order chi connectivity index (χ1) is 31.2. The highest BCUT2D eigenvalue weighted by atomic mass is 32.2. The van der Waals surface area contributed by atoms with Crippen molar-refractivity contribution in [2.45, 2.75) is 148 Å². The Kier molecular flexibility index (Phi) is 15.3. The Balaban J connectivity index is 0.00000249. The molecule has 1 unspecified atom stereocenters.